The van der Waals surface area contributed by atoms with Crippen LogP contribution in [0.4, 0.5) is 4.39 Å². The summed E-state index contributed by atoms with van der Waals surface area (Å²) in [7, 11) is -3.27. The first-order valence-corrected chi connectivity index (χ1v) is 10.2. The summed E-state index contributed by atoms with van der Waals surface area (Å²) < 4.78 is 40.2. The molecular weight excluding hydrogens is 359 g/mol. The van der Waals surface area contributed by atoms with Crippen LogP contribution >= 0.6 is 0 Å². The predicted octanol–water partition coefficient (Wildman–Crippen LogP) is 1.43. The van der Waals surface area contributed by atoms with Crippen molar-refractivity contribution in [3.05, 3.63) is 47.5 Å². The average Bonchev–Trinajstić information content (AvgIpc) is 2.81. The number of aromatic nitrogens is 2. The number of para-hydroxylation sites is 1. The number of hydrogen-bond donors (Lipinski definition) is 0. The summed E-state index contributed by atoms with van der Waals surface area (Å²) in [5.41, 5.74) is 1.22. The van der Waals surface area contributed by atoms with E-state index in [0.717, 1.165) is 0 Å². The van der Waals surface area contributed by atoms with E-state index in [1.54, 1.807) is 30.0 Å². The fourth-order valence-corrected chi connectivity index (χ4v) is 3.96. The summed E-state index contributed by atoms with van der Waals surface area (Å²) in [5, 5.41) is 4.16. The molecule has 9 heteroatoms. The first-order valence-electron chi connectivity index (χ1n) is 8.33. The third kappa shape index (κ3) is 3.63. The van der Waals surface area contributed by atoms with E-state index in [2.05, 4.69) is 5.10 Å². The summed E-state index contributed by atoms with van der Waals surface area (Å²) in [6.45, 7) is 3.17. The molecule has 140 valence electrons. The molecule has 1 fully saturated rings. The maximum atomic E-state index is 14.0. The number of rotatable bonds is 3. The van der Waals surface area contributed by atoms with Gasteiger partial charge in [-0.3, -0.25) is 4.79 Å². The molecule has 2 heterocycles. The molecule has 1 aliphatic rings. The molecule has 0 bridgehead atoms. The van der Waals surface area contributed by atoms with Crippen molar-refractivity contribution in [1.29, 1.82) is 0 Å². The van der Waals surface area contributed by atoms with Gasteiger partial charge in [-0.1, -0.05) is 12.1 Å². The lowest BCUT2D eigenvalue weighted by molar-refractivity contribution is 0.0763. The topological polar surface area (TPSA) is 75.5 Å². The maximum Gasteiger partial charge on any atom is 0.257 e. The molecule has 1 aromatic carbocycles. The van der Waals surface area contributed by atoms with Gasteiger partial charge in [-0.15, -0.1) is 0 Å². The highest BCUT2D eigenvalue weighted by Gasteiger charge is 2.26. The van der Waals surface area contributed by atoms with Gasteiger partial charge in [0.1, 0.15) is 11.5 Å². The zero-order valence-electron chi connectivity index (χ0n) is 14.7. The SMILES string of the molecule is Cc1c(C(=O)N2CCCN(S(C)(=O)=O)CC2)cnn1-c1ccccc1F. The van der Waals surface area contributed by atoms with Crippen molar-refractivity contribution < 1.29 is 17.6 Å². The lowest BCUT2D eigenvalue weighted by atomic mass is 10.2. The normalized spacial score (nSPS) is 16.5. The highest BCUT2D eigenvalue weighted by atomic mass is 32.2. The molecule has 2 aromatic rings. The van der Waals surface area contributed by atoms with E-state index >= 15 is 0 Å². The molecular formula is C17H21FN4O3S. The van der Waals surface area contributed by atoms with E-state index in [4.69, 9.17) is 0 Å². The lowest BCUT2D eigenvalue weighted by Gasteiger charge is -2.21. The minimum absolute atomic E-state index is 0.222. The molecule has 0 N–H and O–H groups in total. The highest BCUT2D eigenvalue weighted by molar-refractivity contribution is 7.88. The molecule has 7 nitrogen and oxygen atoms in total. The van der Waals surface area contributed by atoms with Crippen molar-refractivity contribution >= 4 is 15.9 Å². The van der Waals surface area contributed by atoms with Crippen LogP contribution in [-0.4, -0.2) is 65.7 Å². The van der Waals surface area contributed by atoms with Gasteiger partial charge in [0.05, 0.1) is 23.7 Å². The number of benzene rings is 1. The Hall–Kier alpha value is -2.26. The third-order valence-electron chi connectivity index (χ3n) is 4.53. The highest BCUT2D eigenvalue weighted by Crippen LogP contribution is 2.19. The number of carbonyl (C=O) groups is 1. The first-order chi connectivity index (χ1) is 12.3. The van der Waals surface area contributed by atoms with Crippen LogP contribution in [0.2, 0.25) is 0 Å². The Bertz CT molecular complexity index is 926. The molecule has 0 spiro atoms. The number of carbonyl (C=O) groups excluding carboxylic acids is 1. The maximum absolute atomic E-state index is 14.0. The summed E-state index contributed by atoms with van der Waals surface area (Å²) in [6, 6.07) is 6.23. The molecule has 0 aliphatic carbocycles. The van der Waals surface area contributed by atoms with Crippen molar-refractivity contribution in [3.8, 4) is 5.69 Å². The smallest absolute Gasteiger partial charge is 0.257 e. The van der Waals surface area contributed by atoms with Crippen LogP contribution in [0.25, 0.3) is 5.69 Å². The van der Waals surface area contributed by atoms with Crippen LogP contribution in [0.15, 0.2) is 30.5 Å². The van der Waals surface area contributed by atoms with Crippen LogP contribution in [0.3, 0.4) is 0 Å². The van der Waals surface area contributed by atoms with E-state index in [9.17, 15) is 17.6 Å². The minimum atomic E-state index is -3.27. The molecule has 0 unspecified atom stereocenters. The second-order valence-corrected chi connectivity index (χ2v) is 8.30. The second-order valence-electron chi connectivity index (χ2n) is 6.31. The Labute approximate surface area is 152 Å². The number of nitrogens with zero attached hydrogens (tertiary/aromatic N) is 4. The lowest BCUT2D eigenvalue weighted by Crippen LogP contribution is -2.37. The van der Waals surface area contributed by atoms with Crippen LogP contribution in [0.1, 0.15) is 22.5 Å². The van der Waals surface area contributed by atoms with E-state index in [1.807, 2.05) is 0 Å². The molecule has 1 aliphatic heterocycles. The Balaban J connectivity index is 1.82. The molecule has 0 saturated carbocycles. The van der Waals surface area contributed by atoms with Gasteiger partial charge in [-0.2, -0.15) is 5.10 Å². The average molecular weight is 380 g/mol. The molecule has 1 saturated heterocycles. The summed E-state index contributed by atoms with van der Waals surface area (Å²) in [4.78, 5) is 14.5. The molecule has 26 heavy (non-hydrogen) atoms. The van der Waals surface area contributed by atoms with Gasteiger partial charge >= 0.3 is 0 Å². The minimum Gasteiger partial charge on any atom is -0.337 e. The van der Waals surface area contributed by atoms with Gasteiger partial charge in [-0.05, 0) is 25.5 Å². The fraction of sp³-hybridized carbons (Fsp3) is 0.412. The molecule has 1 aromatic heterocycles. The van der Waals surface area contributed by atoms with Crippen molar-refractivity contribution in [3.63, 3.8) is 0 Å². The van der Waals surface area contributed by atoms with Crippen LogP contribution in [-0.2, 0) is 10.0 Å². The summed E-state index contributed by atoms with van der Waals surface area (Å²) in [6.07, 6.45) is 3.18. The van der Waals surface area contributed by atoms with E-state index in [0.29, 0.717) is 37.3 Å². The van der Waals surface area contributed by atoms with E-state index in [-0.39, 0.29) is 18.1 Å². The third-order valence-corrected chi connectivity index (χ3v) is 5.84. The molecule has 0 atom stereocenters. The fourth-order valence-electron chi connectivity index (χ4n) is 3.08. The van der Waals surface area contributed by atoms with Gasteiger partial charge in [0.25, 0.3) is 5.91 Å². The van der Waals surface area contributed by atoms with Crippen LogP contribution < -0.4 is 0 Å². The monoisotopic (exact) mass is 380 g/mol. The predicted molar refractivity (Wildman–Crippen MR) is 95.2 cm³/mol. The number of sulfonamides is 1. The summed E-state index contributed by atoms with van der Waals surface area (Å²) in [5.74, 6) is -0.642. The van der Waals surface area contributed by atoms with Gasteiger partial charge in [0.15, 0.2) is 0 Å². The van der Waals surface area contributed by atoms with Gasteiger partial charge in [0.2, 0.25) is 10.0 Å². The first kappa shape index (κ1) is 18.5. The largest absolute Gasteiger partial charge is 0.337 e. The Morgan fingerprint density at radius 3 is 2.58 bits per heavy atom. The Kier molecular flexibility index (Phi) is 5.10. The zero-order valence-corrected chi connectivity index (χ0v) is 15.5. The Morgan fingerprint density at radius 2 is 1.88 bits per heavy atom. The molecule has 3 rings (SSSR count). The molecule has 1 amide bonds. The standard InChI is InChI=1S/C17H21FN4O3S/c1-13-14(12-19-22(13)16-7-4-3-6-15(16)18)17(23)20-8-5-9-21(11-10-20)26(2,24)25/h3-4,6-7,12H,5,8-11H2,1-2H3. The van der Waals surface area contributed by atoms with Crippen molar-refractivity contribution in [2.45, 2.75) is 13.3 Å². The molecule has 0 radical (unpaired) electrons. The van der Waals surface area contributed by atoms with E-state index < -0.39 is 15.8 Å². The van der Waals surface area contributed by atoms with Gasteiger partial charge < -0.3 is 4.90 Å². The number of halogens is 1. The second kappa shape index (κ2) is 7.16. The van der Waals surface area contributed by atoms with Crippen molar-refractivity contribution in [2.24, 2.45) is 0 Å². The Morgan fingerprint density at radius 1 is 1.15 bits per heavy atom. The quantitative estimate of drug-likeness (QED) is 0.807. The van der Waals surface area contributed by atoms with Crippen LogP contribution in [0, 0.1) is 12.7 Å². The van der Waals surface area contributed by atoms with Crippen molar-refractivity contribution in [1.82, 2.24) is 19.0 Å². The number of hydrogen-bond acceptors (Lipinski definition) is 4. The van der Waals surface area contributed by atoms with Gasteiger partial charge in [-0.25, -0.2) is 21.8 Å². The van der Waals surface area contributed by atoms with Gasteiger partial charge in [0, 0.05) is 26.2 Å². The van der Waals surface area contributed by atoms with Crippen molar-refractivity contribution in [2.75, 3.05) is 32.4 Å². The number of amides is 1. The summed E-state index contributed by atoms with van der Waals surface area (Å²) >= 11 is 0. The van der Waals surface area contributed by atoms with E-state index in [1.165, 1.54) is 27.5 Å². The zero-order chi connectivity index (χ0) is 18.9. The van der Waals surface area contributed by atoms with Crippen LogP contribution in [0.5, 0.6) is 0 Å².